The Morgan fingerprint density at radius 1 is 1.44 bits per heavy atom. The number of urea groups is 1. The third-order valence-corrected chi connectivity index (χ3v) is 2.55. The summed E-state index contributed by atoms with van der Waals surface area (Å²) in [6.45, 7) is 3.02. The largest absolute Gasteiger partial charge is 0.481 e. The van der Waals surface area contributed by atoms with Crippen LogP contribution in [-0.4, -0.2) is 42.9 Å². The number of rotatable bonds is 4. The molecule has 0 radical (unpaired) electrons. The number of amides is 2. The van der Waals surface area contributed by atoms with E-state index in [0.717, 1.165) is 12.8 Å². The van der Waals surface area contributed by atoms with E-state index in [1.807, 2.05) is 0 Å². The van der Waals surface area contributed by atoms with Crippen molar-refractivity contribution in [2.75, 3.05) is 19.8 Å². The summed E-state index contributed by atoms with van der Waals surface area (Å²) >= 11 is 0. The molecule has 1 fully saturated rings. The van der Waals surface area contributed by atoms with E-state index in [0.29, 0.717) is 13.2 Å². The molecular weight excluding hydrogens is 212 g/mol. The minimum absolute atomic E-state index is 0.133. The van der Waals surface area contributed by atoms with Gasteiger partial charge in [0.1, 0.15) is 0 Å². The number of nitrogens with one attached hydrogen (secondary N) is 2. The molecule has 0 aromatic rings. The van der Waals surface area contributed by atoms with Crippen LogP contribution in [0.4, 0.5) is 4.79 Å². The summed E-state index contributed by atoms with van der Waals surface area (Å²) in [5.41, 5.74) is 0. The second kappa shape index (κ2) is 6.32. The van der Waals surface area contributed by atoms with E-state index in [-0.39, 0.29) is 18.6 Å². The molecule has 1 aliphatic heterocycles. The SMILES string of the molecule is CC(CNC(=O)NC1CCOCC1)C(=O)O. The maximum atomic E-state index is 11.4. The maximum absolute atomic E-state index is 11.4. The minimum atomic E-state index is -0.911. The number of aliphatic carboxylic acids is 1. The molecule has 0 spiro atoms. The Bertz CT molecular complexity index is 251. The summed E-state index contributed by atoms with van der Waals surface area (Å²) in [7, 11) is 0. The van der Waals surface area contributed by atoms with Gasteiger partial charge in [-0.05, 0) is 12.8 Å². The molecule has 0 bridgehead atoms. The predicted molar refractivity (Wildman–Crippen MR) is 57.2 cm³/mol. The van der Waals surface area contributed by atoms with Crippen LogP contribution < -0.4 is 10.6 Å². The summed E-state index contributed by atoms with van der Waals surface area (Å²) < 4.78 is 5.16. The Morgan fingerprint density at radius 3 is 2.62 bits per heavy atom. The molecule has 1 atom stereocenters. The van der Waals surface area contributed by atoms with Gasteiger partial charge in [-0.1, -0.05) is 6.92 Å². The van der Waals surface area contributed by atoms with Crippen LogP contribution in [0.2, 0.25) is 0 Å². The quantitative estimate of drug-likeness (QED) is 0.643. The van der Waals surface area contributed by atoms with Gasteiger partial charge in [-0.3, -0.25) is 4.79 Å². The van der Waals surface area contributed by atoms with Gasteiger partial charge in [0.05, 0.1) is 5.92 Å². The van der Waals surface area contributed by atoms with E-state index in [4.69, 9.17) is 9.84 Å². The summed E-state index contributed by atoms with van der Waals surface area (Å²) in [6.07, 6.45) is 1.61. The first-order valence-corrected chi connectivity index (χ1v) is 5.44. The summed E-state index contributed by atoms with van der Waals surface area (Å²) in [5.74, 6) is -1.48. The Balaban J connectivity index is 2.17. The lowest BCUT2D eigenvalue weighted by Crippen LogP contribution is -2.46. The molecule has 1 aliphatic rings. The average molecular weight is 230 g/mol. The number of carboxylic acids is 1. The fourth-order valence-corrected chi connectivity index (χ4v) is 1.41. The molecule has 6 heteroatoms. The minimum Gasteiger partial charge on any atom is -0.481 e. The fourth-order valence-electron chi connectivity index (χ4n) is 1.41. The zero-order valence-electron chi connectivity index (χ0n) is 9.36. The van der Waals surface area contributed by atoms with E-state index >= 15 is 0 Å². The molecule has 6 nitrogen and oxygen atoms in total. The first kappa shape index (κ1) is 12.8. The van der Waals surface area contributed by atoms with Crippen molar-refractivity contribution in [1.82, 2.24) is 10.6 Å². The van der Waals surface area contributed by atoms with Crippen LogP contribution in [0.15, 0.2) is 0 Å². The van der Waals surface area contributed by atoms with Gasteiger partial charge in [-0.2, -0.15) is 0 Å². The summed E-state index contributed by atoms with van der Waals surface area (Å²) in [5, 5.41) is 14.0. The Morgan fingerprint density at radius 2 is 2.06 bits per heavy atom. The van der Waals surface area contributed by atoms with Crippen molar-refractivity contribution in [3.63, 3.8) is 0 Å². The Hall–Kier alpha value is -1.30. The van der Waals surface area contributed by atoms with Crippen LogP contribution in [-0.2, 0) is 9.53 Å². The van der Waals surface area contributed by atoms with E-state index in [1.54, 1.807) is 6.92 Å². The second-order valence-corrected chi connectivity index (χ2v) is 3.98. The van der Waals surface area contributed by atoms with Gasteiger partial charge in [0, 0.05) is 25.8 Å². The molecule has 1 saturated heterocycles. The zero-order valence-corrected chi connectivity index (χ0v) is 9.36. The molecule has 16 heavy (non-hydrogen) atoms. The van der Waals surface area contributed by atoms with Crippen molar-refractivity contribution in [2.45, 2.75) is 25.8 Å². The smallest absolute Gasteiger partial charge is 0.315 e. The fraction of sp³-hybridized carbons (Fsp3) is 0.800. The Labute approximate surface area is 94.3 Å². The van der Waals surface area contributed by atoms with Crippen LogP contribution in [0.3, 0.4) is 0 Å². The molecule has 0 saturated carbocycles. The second-order valence-electron chi connectivity index (χ2n) is 3.98. The monoisotopic (exact) mass is 230 g/mol. The first-order chi connectivity index (χ1) is 7.59. The number of ether oxygens (including phenoxy) is 1. The highest BCUT2D eigenvalue weighted by Crippen LogP contribution is 2.05. The van der Waals surface area contributed by atoms with Gasteiger partial charge in [0.15, 0.2) is 0 Å². The first-order valence-electron chi connectivity index (χ1n) is 5.44. The van der Waals surface area contributed by atoms with E-state index < -0.39 is 11.9 Å². The van der Waals surface area contributed by atoms with Gasteiger partial charge in [-0.25, -0.2) is 4.79 Å². The highest BCUT2D eigenvalue weighted by molar-refractivity contribution is 5.75. The number of hydrogen-bond donors (Lipinski definition) is 3. The molecule has 1 unspecified atom stereocenters. The van der Waals surface area contributed by atoms with Crippen molar-refractivity contribution in [2.24, 2.45) is 5.92 Å². The van der Waals surface area contributed by atoms with E-state index in [9.17, 15) is 9.59 Å². The molecular formula is C10H18N2O4. The van der Waals surface area contributed by atoms with E-state index in [2.05, 4.69) is 10.6 Å². The third-order valence-electron chi connectivity index (χ3n) is 2.55. The third kappa shape index (κ3) is 4.48. The Kier molecular flexibility index (Phi) is 5.04. The molecule has 3 N–H and O–H groups in total. The van der Waals surface area contributed by atoms with Gasteiger partial charge in [0.25, 0.3) is 0 Å². The number of carbonyl (C=O) groups excluding carboxylic acids is 1. The van der Waals surface area contributed by atoms with Gasteiger partial charge in [-0.15, -0.1) is 0 Å². The molecule has 1 rings (SSSR count). The number of hydrogen-bond acceptors (Lipinski definition) is 3. The van der Waals surface area contributed by atoms with Crippen LogP contribution in [0, 0.1) is 5.92 Å². The normalized spacial score (nSPS) is 18.8. The standard InChI is InChI=1S/C10H18N2O4/c1-7(9(13)14)6-11-10(15)12-8-2-4-16-5-3-8/h7-8H,2-6H2,1H3,(H,13,14)(H2,11,12,15). The summed E-state index contributed by atoms with van der Waals surface area (Å²) in [6, 6.07) is -0.172. The lowest BCUT2D eigenvalue weighted by Gasteiger charge is -2.23. The van der Waals surface area contributed by atoms with E-state index in [1.165, 1.54) is 0 Å². The van der Waals surface area contributed by atoms with Crippen LogP contribution in [0.1, 0.15) is 19.8 Å². The molecule has 0 aromatic carbocycles. The molecule has 0 aromatic heterocycles. The maximum Gasteiger partial charge on any atom is 0.315 e. The van der Waals surface area contributed by atoms with Crippen molar-refractivity contribution >= 4 is 12.0 Å². The van der Waals surface area contributed by atoms with Crippen molar-refractivity contribution in [3.8, 4) is 0 Å². The van der Waals surface area contributed by atoms with Gasteiger partial charge in [0.2, 0.25) is 0 Å². The van der Waals surface area contributed by atoms with Crippen LogP contribution >= 0.6 is 0 Å². The summed E-state index contributed by atoms with van der Waals surface area (Å²) in [4.78, 5) is 21.9. The highest BCUT2D eigenvalue weighted by Gasteiger charge is 2.17. The van der Waals surface area contributed by atoms with Crippen molar-refractivity contribution < 1.29 is 19.4 Å². The van der Waals surface area contributed by atoms with Gasteiger partial charge >= 0.3 is 12.0 Å². The molecule has 0 aliphatic carbocycles. The van der Waals surface area contributed by atoms with Crippen molar-refractivity contribution in [1.29, 1.82) is 0 Å². The van der Waals surface area contributed by atoms with Crippen LogP contribution in [0.25, 0.3) is 0 Å². The van der Waals surface area contributed by atoms with Crippen LogP contribution in [0.5, 0.6) is 0 Å². The average Bonchev–Trinajstić information content (AvgIpc) is 2.27. The lowest BCUT2D eigenvalue weighted by atomic mass is 10.1. The molecule has 92 valence electrons. The zero-order chi connectivity index (χ0) is 12.0. The lowest BCUT2D eigenvalue weighted by molar-refractivity contribution is -0.140. The molecule has 1 heterocycles. The number of carbonyl (C=O) groups is 2. The predicted octanol–water partition coefficient (Wildman–Crippen LogP) is 0.185. The highest BCUT2D eigenvalue weighted by atomic mass is 16.5. The topological polar surface area (TPSA) is 87.7 Å². The number of carboxylic acid groups (broad SMARTS) is 1. The van der Waals surface area contributed by atoms with Gasteiger partial charge < -0.3 is 20.5 Å². The molecule has 2 amide bonds. The van der Waals surface area contributed by atoms with Crippen molar-refractivity contribution in [3.05, 3.63) is 0 Å².